The Kier molecular flexibility index (Phi) is 5.19. The molecule has 2 unspecified atom stereocenters. The Hall–Kier alpha value is -0.640. The summed E-state index contributed by atoms with van der Waals surface area (Å²) < 4.78 is 0. The highest BCUT2D eigenvalue weighted by Gasteiger charge is 2.13. The molecule has 0 heterocycles. The van der Waals surface area contributed by atoms with Crippen LogP contribution in [-0.2, 0) is 0 Å². The average molecular weight is 255 g/mol. The van der Waals surface area contributed by atoms with E-state index in [4.69, 9.17) is 23.2 Å². The van der Waals surface area contributed by atoms with Gasteiger partial charge in [-0.3, -0.25) is 0 Å². The molecule has 1 aromatic rings. The van der Waals surface area contributed by atoms with Crippen LogP contribution in [0.15, 0.2) is 18.2 Å². The maximum Gasteiger partial charge on any atom is 0.0595 e. The van der Waals surface area contributed by atoms with Gasteiger partial charge in [0, 0.05) is 12.3 Å². The Morgan fingerprint density at radius 3 is 2.44 bits per heavy atom. The monoisotopic (exact) mass is 254 g/mol. The lowest BCUT2D eigenvalue weighted by Gasteiger charge is -2.15. The molecule has 2 heteroatoms. The van der Waals surface area contributed by atoms with Gasteiger partial charge in [0.05, 0.1) is 10.0 Å². The summed E-state index contributed by atoms with van der Waals surface area (Å²) in [6.07, 6.45) is 0.901. The van der Waals surface area contributed by atoms with E-state index < -0.39 is 0 Å². The third-order valence-corrected chi connectivity index (χ3v) is 3.46. The average Bonchev–Trinajstić information content (AvgIpc) is 2.28. The Balaban J connectivity index is 2.87. The summed E-state index contributed by atoms with van der Waals surface area (Å²) >= 11 is 11.9. The van der Waals surface area contributed by atoms with E-state index >= 15 is 0 Å². The van der Waals surface area contributed by atoms with Gasteiger partial charge in [-0.2, -0.15) is 0 Å². The van der Waals surface area contributed by atoms with Crippen LogP contribution in [0.5, 0.6) is 0 Å². The molecule has 86 valence electrons. The van der Waals surface area contributed by atoms with Crippen LogP contribution in [0.4, 0.5) is 0 Å². The first-order valence-electron chi connectivity index (χ1n) is 5.49. The van der Waals surface area contributed by atoms with Crippen molar-refractivity contribution in [3.05, 3.63) is 33.8 Å². The fraction of sp³-hybridized carbons (Fsp3) is 0.429. The first kappa shape index (κ1) is 13.4. The lowest BCUT2D eigenvalue weighted by Crippen LogP contribution is -2.03. The predicted molar refractivity (Wildman–Crippen MR) is 72.1 cm³/mol. The molecule has 0 aromatic heterocycles. The van der Waals surface area contributed by atoms with Gasteiger partial charge in [0.1, 0.15) is 0 Å². The normalized spacial score (nSPS) is 13.8. The van der Waals surface area contributed by atoms with Gasteiger partial charge in [0.2, 0.25) is 0 Å². The van der Waals surface area contributed by atoms with Gasteiger partial charge in [0.15, 0.2) is 0 Å². The summed E-state index contributed by atoms with van der Waals surface area (Å²) in [4.78, 5) is 0. The molecule has 0 N–H and O–H groups in total. The summed E-state index contributed by atoms with van der Waals surface area (Å²) in [5.74, 6) is 7.05. The van der Waals surface area contributed by atoms with Crippen molar-refractivity contribution in [2.75, 3.05) is 0 Å². The smallest absolute Gasteiger partial charge is 0.0595 e. The van der Waals surface area contributed by atoms with Crippen molar-refractivity contribution in [2.24, 2.45) is 5.92 Å². The minimum absolute atomic E-state index is 0.331. The molecule has 0 saturated heterocycles. The van der Waals surface area contributed by atoms with Crippen molar-refractivity contribution in [3.63, 3.8) is 0 Å². The van der Waals surface area contributed by atoms with Crippen molar-refractivity contribution >= 4 is 23.2 Å². The van der Waals surface area contributed by atoms with Crippen LogP contribution < -0.4 is 0 Å². The van der Waals surface area contributed by atoms with E-state index in [0.717, 1.165) is 6.42 Å². The molecule has 2 atom stereocenters. The molecule has 0 amide bonds. The van der Waals surface area contributed by atoms with Gasteiger partial charge < -0.3 is 0 Å². The summed E-state index contributed by atoms with van der Waals surface area (Å²) in [5, 5.41) is 1.21. The molecule has 0 radical (unpaired) electrons. The van der Waals surface area contributed by atoms with Crippen molar-refractivity contribution in [3.8, 4) is 11.8 Å². The zero-order valence-corrected chi connectivity index (χ0v) is 11.4. The molecule has 16 heavy (non-hydrogen) atoms. The van der Waals surface area contributed by atoms with Crippen molar-refractivity contribution in [1.82, 2.24) is 0 Å². The van der Waals surface area contributed by atoms with E-state index in [9.17, 15) is 0 Å². The lowest BCUT2D eigenvalue weighted by molar-refractivity contribution is 0.609. The highest BCUT2D eigenvalue weighted by atomic mass is 35.5. The second kappa shape index (κ2) is 6.18. The summed E-state index contributed by atoms with van der Waals surface area (Å²) in [7, 11) is 0. The van der Waals surface area contributed by atoms with Crippen LogP contribution in [-0.4, -0.2) is 0 Å². The molecule has 0 spiro atoms. The highest BCUT2D eigenvalue weighted by Crippen LogP contribution is 2.29. The number of benzene rings is 1. The summed E-state index contributed by atoms with van der Waals surface area (Å²) in [6.45, 7) is 6.36. The number of rotatable bonds is 2. The molecule has 0 bridgehead atoms. The molecule has 1 rings (SSSR count). The second-order valence-electron chi connectivity index (χ2n) is 3.93. The van der Waals surface area contributed by atoms with E-state index in [1.165, 1.54) is 5.56 Å². The van der Waals surface area contributed by atoms with Gasteiger partial charge in [-0.25, -0.2) is 0 Å². The van der Waals surface area contributed by atoms with E-state index in [1.807, 2.05) is 18.2 Å². The van der Waals surface area contributed by atoms with Gasteiger partial charge >= 0.3 is 0 Å². The van der Waals surface area contributed by atoms with Crippen LogP contribution in [0.2, 0.25) is 10.0 Å². The van der Waals surface area contributed by atoms with Gasteiger partial charge in [-0.05, 0) is 23.6 Å². The molecule has 0 fully saturated rings. The van der Waals surface area contributed by atoms with Crippen LogP contribution in [0.3, 0.4) is 0 Å². The van der Waals surface area contributed by atoms with Gasteiger partial charge in [-0.1, -0.05) is 56.0 Å². The van der Waals surface area contributed by atoms with Gasteiger partial charge in [0.25, 0.3) is 0 Å². The number of halogens is 2. The van der Waals surface area contributed by atoms with Crippen LogP contribution in [0.1, 0.15) is 38.7 Å². The van der Waals surface area contributed by atoms with E-state index in [2.05, 4.69) is 32.6 Å². The Bertz CT molecular complexity index is 412. The third-order valence-electron chi connectivity index (χ3n) is 2.73. The minimum Gasteiger partial charge on any atom is -0.103 e. The largest absolute Gasteiger partial charge is 0.103 e. The summed E-state index contributed by atoms with van der Waals surface area (Å²) in [6, 6.07) is 5.79. The topological polar surface area (TPSA) is 0 Å². The first-order chi connectivity index (χ1) is 7.56. The Labute approximate surface area is 108 Å². The fourth-order valence-electron chi connectivity index (χ4n) is 1.47. The fourth-order valence-corrected chi connectivity index (χ4v) is 1.78. The molecule has 0 aliphatic rings. The van der Waals surface area contributed by atoms with Crippen LogP contribution in [0.25, 0.3) is 0 Å². The minimum atomic E-state index is 0.331. The number of hydrogen-bond acceptors (Lipinski definition) is 0. The zero-order valence-electron chi connectivity index (χ0n) is 9.85. The maximum atomic E-state index is 6.00. The molecule has 0 nitrogen and oxygen atoms in total. The van der Waals surface area contributed by atoms with E-state index in [0.29, 0.717) is 21.9 Å². The highest BCUT2D eigenvalue weighted by molar-refractivity contribution is 6.42. The first-order valence-corrected chi connectivity index (χ1v) is 6.25. The lowest BCUT2D eigenvalue weighted by atomic mass is 9.89. The SMILES string of the molecule is CCC#CC(C)C(C)c1ccc(Cl)c(Cl)c1. The molecule has 0 aliphatic heterocycles. The Morgan fingerprint density at radius 2 is 1.88 bits per heavy atom. The number of hydrogen-bond donors (Lipinski definition) is 0. The van der Waals surface area contributed by atoms with E-state index in [-0.39, 0.29) is 0 Å². The molecule has 0 aliphatic carbocycles. The third kappa shape index (κ3) is 3.44. The maximum absolute atomic E-state index is 6.00. The molecular weight excluding hydrogens is 239 g/mol. The van der Waals surface area contributed by atoms with Crippen molar-refractivity contribution in [1.29, 1.82) is 0 Å². The predicted octanol–water partition coefficient (Wildman–Crippen LogP) is 5.15. The molecule has 0 saturated carbocycles. The van der Waals surface area contributed by atoms with E-state index in [1.54, 1.807) is 0 Å². The van der Waals surface area contributed by atoms with Crippen LogP contribution in [0, 0.1) is 17.8 Å². The van der Waals surface area contributed by atoms with Gasteiger partial charge in [-0.15, -0.1) is 5.92 Å². The quantitative estimate of drug-likeness (QED) is 0.641. The second-order valence-corrected chi connectivity index (χ2v) is 4.74. The Morgan fingerprint density at radius 1 is 1.19 bits per heavy atom. The van der Waals surface area contributed by atoms with Crippen molar-refractivity contribution < 1.29 is 0 Å². The molecule has 1 aromatic carbocycles. The van der Waals surface area contributed by atoms with Crippen molar-refractivity contribution in [2.45, 2.75) is 33.1 Å². The standard InChI is InChI=1S/C14H16Cl2/c1-4-5-6-10(2)11(3)12-7-8-13(15)14(16)9-12/h7-11H,4H2,1-3H3. The zero-order chi connectivity index (χ0) is 12.1. The van der Waals surface area contributed by atoms with Crippen LogP contribution >= 0.6 is 23.2 Å². The summed E-state index contributed by atoms with van der Waals surface area (Å²) in [5.41, 5.74) is 1.19. The molecular formula is C14H16Cl2.